The molecule has 0 aliphatic heterocycles. The first-order valence-electron chi connectivity index (χ1n) is 9.27. The molecule has 1 aromatic heterocycles. The fraction of sp³-hybridized carbons (Fsp3) is 0.409. The molecule has 1 saturated carbocycles. The normalized spacial score (nSPS) is 14.0. The highest BCUT2D eigenvalue weighted by atomic mass is 16.5. The van der Waals surface area contributed by atoms with Gasteiger partial charge in [0.1, 0.15) is 5.75 Å². The van der Waals surface area contributed by atoms with Crippen molar-refractivity contribution >= 4 is 12.0 Å². The van der Waals surface area contributed by atoms with Gasteiger partial charge in [-0.25, -0.2) is 0 Å². The number of hydrogen-bond donors (Lipinski definition) is 1. The van der Waals surface area contributed by atoms with Gasteiger partial charge in [-0.05, 0) is 69.4 Å². The van der Waals surface area contributed by atoms with E-state index >= 15 is 0 Å². The van der Waals surface area contributed by atoms with E-state index in [0.29, 0.717) is 12.6 Å². The van der Waals surface area contributed by atoms with Crippen molar-refractivity contribution in [2.75, 3.05) is 13.7 Å². The quantitative estimate of drug-likeness (QED) is 0.762. The molecule has 1 N–H and O–H groups in total. The Labute approximate surface area is 155 Å². The summed E-state index contributed by atoms with van der Waals surface area (Å²) < 4.78 is 7.78. The molecule has 0 atom stereocenters. The Morgan fingerprint density at radius 1 is 1.27 bits per heavy atom. The number of hydrogen-bond acceptors (Lipinski definition) is 2. The summed E-state index contributed by atoms with van der Waals surface area (Å²) in [5.41, 5.74) is 5.96. The molecule has 1 fully saturated rings. The predicted octanol–water partition coefficient (Wildman–Crippen LogP) is 4.13. The van der Waals surface area contributed by atoms with Crippen LogP contribution in [0.3, 0.4) is 0 Å². The van der Waals surface area contributed by atoms with Crippen LogP contribution in [0.4, 0.5) is 0 Å². The lowest BCUT2D eigenvalue weighted by molar-refractivity contribution is -0.116. The number of ether oxygens (including phenoxy) is 1. The van der Waals surface area contributed by atoms with Gasteiger partial charge in [-0.15, -0.1) is 0 Å². The summed E-state index contributed by atoms with van der Waals surface area (Å²) >= 11 is 0. The Bertz CT molecular complexity index is 829. The standard InChI is InChI=1S/C22H28N2O2/c1-15-5-9-21(26-4)19(13-15)11-12-23-22(25)10-6-18-14-16(2)24(17(18)3)20-7-8-20/h5-6,9-10,13-14,20H,7-8,11-12H2,1-4H3,(H,23,25)/b10-6+. The maximum Gasteiger partial charge on any atom is 0.244 e. The van der Waals surface area contributed by atoms with Crippen molar-refractivity contribution in [2.24, 2.45) is 0 Å². The molecule has 0 saturated heterocycles. The molecule has 0 bridgehead atoms. The van der Waals surface area contributed by atoms with Crippen LogP contribution in [-0.2, 0) is 11.2 Å². The van der Waals surface area contributed by atoms with E-state index in [4.69, 9.17) is 4.74 Å². The molecule has 1 amide bonds. The Kier molecular flexibility index (Phi) is 5.50. The van der Waals surface area contributed by atoms with E-state index in [9.17, 15) is 4.79 Å². The van der Waals surface area contributed by atoms with E-state index in [2.05, 4.69) is 42.8 Å². The monoisotopic (exact) mass is 352 g/mol. The summed E-state index contributed by atoms with van der Waals surface area (Å²) in [6.07, 6.45) is 6.84. The number of carbonyl (C=O) groups excluding carboxylic acids is 1. The molecule has 4 nitrogen and oxygen atoms in total. The smallest absolute Gasteiger partial charge is 0.244 e. The summed E-state index contributed by atoms with van der Waals surface area (Å²) in [6, 6.07) is 8.93. The Morgan fingerprint density at radius 2 is 2.04 bits per heavy atom. The summed E-state index contributed by atoms with van der Waals surface area (Å²) in [4.78, 5) is 12.1. The van der Waals surface area contributed by atoms with E-state index in [1.807, 2.05) is 18.2 Å². The zero-order valence-electron chi connectivity index (χ0n) is 16.1. The van der Waals surface area contributed by atoms with Gasteiger partial charge in [-0.3, -0.25) is 4.79 Å². The zero-order chi connectivity index (χ0) is 18.7. The molecule has 1 heterocycles. The van der Waals surface area contributed by atoms with Gasteiger partial charge in [-0.1, -0.05) is 17.7 Å². The lowest BCUT2D eigenvalue weighted by atomic mass is 10.1. The van der Waals surface area contributed by atoms with Gasteiger partial charge in [-0.2, -0.15) is 0 Å². The minimum absolute atomic E-state index is 0.0622. The van der Waals surface area contributed by atoms with Crippen LogP contribution in [0.15, 0.2) is 30.3 Å². The summed E-state index contributed by atoms with van der Waals surface area (Å²) in [5.74, 6) is 0.806. The number of aryl methyl sites for hydroxylation is 2. The second-order valence-electron chi connectivity index (χ2n) is 7.12. The SMILES string of the molecule is COc1ccc(C)cc1CCNC(=O)/C=C/c1cc(C)n(C2CC2)c1C. The van der Waals surface area contributed by atoms with Crippen molar-refractivity contribution in [3.63, 3.8) is 0 Å². The molecule has 26 heavy (non-hydrogen) atoms. The Hall–Kier alpha value is -2.49. The Morgan fingerprint density at radius 3 is 2.73 bits per heavy atom. The molecule has 1 aliphatic rings. The number of amides is 1. The first-order valence-corrected chi connectivity index (χ1v) is 9.27. The summed E-state index contributed by atoms with van der Waals surface area (Å²) in [7, 11) is 1.67. The van der Waals surface area contributed by atoms with Crippen molar-refractivity contribution in [1.29, 1.82) is 0 Å². The number of rotatable bonds is 7. The number of methoxy groups -OCH3 is 1. The first kappa shape index (κ1) is 18.3. The van der Waals surface area contributed by atoms with Crippen LogP contribution in [0.2, 0.25) is 0 Å². The second-order valence-corrected chi connectivity index (χ2v) is 7.12. The summed E-state index contributed by atoms with van der Waals surface area (Å²) in [5, 5.41) is 2.96. The lowest BCUT2D eigenvalue weighted by Crippen LogP contribution is -2.23. The third-order valence-corrected chi connectivity index (χ3v) is 4.98. The lowest BCUT2D eigenvalue weighted by Gasteiger charge is -2.09. The number of nitrogens with one attached hydrogen (secondary N) is 1. The average Bonchev–Trinajstić information content (AvgIpc) is 3.39. The molecular formula is C22H28N2O2. The van der Waals surface area contributed by atoms with E-state index in [1.165, 1.54) is 29.8 Å². The Balaban J connectivity index is 1.55. The van der Waals surface area contributed by atoms with Crippen molar-refractivity contribution in [1.82, 2.24) is 9.88 Å². The molecular weight excluding hydrogens is 324 g/mol. The molecule has 1 aromatic carbocycles. The van der Waals surface area contributed by atoms with Crippen LogP contribution in [0.25, 0.3) is 6.08 Å². The fourth-order valence-corrected chi connectivity index (χ4v) is 3.51. The van der Waals surface area contributed by atoms with Crippen LogP contribution in [0.1, 0.15) is 47.0 Å². The van der Waals surface area contributed by atoms with Gasteiger partial charge in [0, 0.05) is 30.1 Å². The molecule has 3 rings (SSSR count). The average molecular weight is 352 g/mol. The second kappa shape index (κ2) is 7.81. The molecule has 0 radical (unpaired) electrons. The van der Waals surface area contributed by atoms with Gasteiger partial charge >= 0.3 is 0 Å². The van der Waals surface area contributed by atoms with Crippen LogP contribution in [0.5, 0.6) is 5.75 Å². The van der Waals surface area contributed by atoms with Crippen LogP contribution < -0.4 is 10.1 Å². The number of nitrogens with zero attached hydrogens (tertiary/aromatic N) is 1. The minimum atomic E-state index is -0.0622. The predicted molar refractivity (Wildman–Crippen MR) is 106 cm³/mol. The maximum absolute atomic E-state index is 12.1. The van der Waals surface area contributed by atoms with E-state index in [-0.39, 0.29) is 5.91 Å². The minimum Gasteiger partial charge on any atom is -0.496 e. The van der Waals surface area contributed by atoms with Gasteiger partial charge in [0.25, 0.3) is 0 Å². The largest absolute Gasteiger partial charge is 0.496 e. The third kappa shape index (κ3) is 4.18. The molecule has 4 heteroatoms. The highest BCUT2D eigenvalue weighted by Gasteiger charge is 2.26. The topological polar surface area (TPSA) is 43.3 Å². The van der Waals surface area contributed by atoms with Crippen molar-refractivity contribution in [2.45, 2.75) is 46.1 Å². The van der Waals surface area contributed by atoms with E-state index in [0.717, 1.165) is 23.3 Å². The molecule has 138 valence electrons. The van der Waals surface area contributed by atoms with Crippen LogP contribution in [0, 0.1) is 20.8 Å². The van der Waals surface area contributed by atoms with Gasteiger partial charge < -0.3 is 14.6 Å². The maximum atomic E-state index is 12.1. The fourth-order valence-electron chi connectivity index (χ4n) is 3.51. The first-order chi connectivity index (χ1) is 12.5. The van der Waals surface area contributed by atoms with E-state index < -0.39 is 0 Å². The van der Waals surface area contributed by atoms with Crippen molar-refractivity contribution in [3.8, 4) is 5.75 Å². The van der Waals surface area contributed by atoms with Crippen LogP contribution >= 0.6 is 0 Å². The third-order valence-electron chi connectivity index (χ3n) is 4.98. The van der Waals surface area contributed by atoms with Gasteiger partial charge in [0.05, 0.1) is 7.11 Å². The number of benzene rings is 1. The van der Waals surface area contributed by atoms with Crippen LogP contribution in [-0.4, -0.2) is 24.1 Å². The summed E-state index contributed by atoms with van der Waals surface area (Å²) in [6.45, 7) is 6.91. The molecule has 2 aromatic rings. The highest BCUT2D eigenvalue weighted by molar-refractivity contribution is 5.91. The molecule has 0 unspecified atom stereocenters. The number of aromatic nitrogens is 1. The molecule has 0 spiro atoms. The zero-order valence-corrected chi connectivity index (χ0v) is 16.1. The van der Waals surface area contributed by atoms with Crippen molar-refractivity contribution in [3.05, 3.63) is 58.4 Å². The highest BCUT2D eigenvalue weighted by Crippen LogP contribution is 2.38. The van der Waals surface area contributed by atoms with E-state index in [1.54, 1.807) is 13.2 Å². The molecule has 1 aliphatic carbocycles. The van der Waals surface area contributed by atoms with Gasteiger partial charge in [0.15, 0.2) is 0 Å². The van der Waals surface area contributed by atoms with Crippen molar-refractivity contribution < 1.29 is 9.53 Å². The van der Waals surface area contributed by atoms with Gasteiger partial charge in [0.2, 0.25) is 5.91 Å². The number of carbonyl (C=O) groups is 1.